The molecule has 1 atom stereocenters. The molecule has 0 aromatic heterocycles. The molecule has 0 saturated carbocycles. The van der Waals surface area contributed by atoms with Crippen LogP contribution < -0.4 is 11.5 Å². The van der Waals surface area contributed by atoms with Gasteiger partial charge in [0, 0.05) is 11.7 Å². The highest BCUT2D eigenvalue weighted by molar-refractivity contribution is 5.51. The zero-order valence-electron chi connectivity index (χ0n) is 8.83. The van der Waals surface area contributed by atoms with E-state index in [4.69, 9.17) is 11.5 Å². The van der Waals surface area contributed by atoms with Crippen molar-refractivity contribution < 1.29 is 0 Å². The van der Waals surface area contributed by atoms with Crippen LogP contribution in [0.1, 0.15) is 36.9 Å². The molecule has 14 heavy (non-hydrogen) atoms. The summed E-state index contributed by atoms with van der Waals surface area (Å²) in [4.78, 5) is 0. The molecular formula is C12H18N2. The van der Waals surface area contributed by atoms with Crippen LogP contribution in [0.5, 0.6) is 0 Å². The van der Waals surface area contributed by atoms with Gasteiger partial charge in [0.05, 0.1) is 0 Å². The van der Waals surface area contributed by atoms with E-state index in [1.54, 1.807) is 6.08 Å². The van der Waals surface area contributed by atoms with Crippen molar-refractivity contribution in [3.8, 4) is 0 Å². The summed E-state index contributed by atoms with van der Waals surface area (Å²) in [6.45, 7) is 7.97. The van der Waals surface area contributed by atoms with Crippen LogP contribution in [0.25, 0.3) is 0 Å². The maximum atomic E-state index is 5.87. The third-order valence-corrected chi connectivity index (χ3v) is 2.39. The van der Waals surface area contributed by atoms with E-state index < -0.39 is 0 Å². The summed E-state index contributed by atoms with van der Waals surface area (Å²) in [6, 6.07) is 5.84. The number of anilines is 1. The standard InChI is InChI=1S/C12H18N2/c1-4-11(13)10-7-9(8(2)3)5-6-12(10)14/h4-8,11H,1,13-14H2,2-3H3. The minimum Gasteiger partial charge on any atom is -0.398 e. The van der Waals surface area contributed by atoms with Crippen LogP contribution in [0, 0.1) is 0 Å². The first-order valence-corrected chi connectivity index (χ1v) is 4.83. The second kappa shape index (κ2) is 4.29. The van der Waals surface area contributed by atoms with Crippen LogP contribution >= 0.6 is 0 Å². The van der Waals surface area contributed by atoms with Gasteiger partial charge in [-0.25, -0.2) is 0 Å². The molecule has 76 valence electrons. The number of rotatable bonds is 3. The number of nitrogens with two attached hydrogens (primary N) is 2. The third-order valence-electron chi connectivity index (χ3n) is 2.39. The topological polar surface area (TPSA) is 52.0 Å². The maximum absolute atomic E-state index is 5.87. The van der Waals surface area contributed by atoms with Gasteiger partial charge in [-0.1, -0.05) is 32.1 Å². The van der Waals surface area contributed by atoms with E-state index in [2.05, 4.69) is 26.5 Å². The summed E-state index contributed by atoms with van der Waals surface area (Å²) >= 11 is 0. The molecule has 1 rings (SSSR count). The first kappa shape index (κ1) is 10.8. The molecule has 2 heteroatoms. The van der Waals surface area contributed by atoms with Crippen molar-refractivity contribution in [1.82, 2.24) is 0 Å². The first-order chi connectivity index (χ1) is 6.56. The number of hydrogen-bond acceptors (Lipinski definition) is 2. The van der Waals surface area contributed by atoms with Crippen LogP contribution in [-0.2, 0) is 0 Å². The second-order valence-corrected chi connectivity index (χ2v) is 3.80. The Balaban J connectivity index is 3.14. The van der Waals surface area contributed by atoms with Gasteiger partial charge in [-0.05, 0) is 23.1 Å². The van der Waals surface area contributed by atoms with Gasteiger partial charge in [-0.3, -0.25) is 0 Å². The van der Waals surface area contributed by atoms with Gasteiger partial charge >= 0.3 is 0 Å². The van der Waals surface area contributed by atoms with Crippen LogP contribution in [0.15, 0.2) is 30.9 Å². The molecule has 0 amide bonds. The predicted octanol–water partition coefficient (Wildman–Crippen LogP) is 2.58. The average Bonchev–Trinajstić information content (AvgIpc) is 2.17. The van der Waals surface area contributed by atoms with Crippen molar-refractivity contribution >= 4 is 5.69 Å². The molecule has 1 unspecified atom stereocenters. The quantitative estimate of drug-likeness (QED) is 0.568. The Bertz CT molecular complexity index is 329. The van der Waals surface area contributed by atoms with Crippen LogP contribution in [0.2, 0.25) is 0 Å². The fraction of sp³-hybridized carbons (Fsp3) is 0.333. The third kappa shape index (κ3) is 2.15. The average molecular weight is 190 g/mol. The monoisotopic (exact) mass is 190 g/mol. The van der Waals surface area contributed by atoms with Crippen LogP contribution in [0.3, 0.4) is 0 Å². The van der Waals surface area contributed by atoms with Crippen LogP contribution in [-0.4, -0.2) is 0 Å². The largest absolute Gasteiger partial charge is 0.398 e. The molecule has 0 aliphatic rings. The predicted molar refractivity (Wildman–Crippen MR) is 62.1 cm³/mol. The van der Waals surface area contributed by atoms with E-state index >= 15 is 0 Å². The summed E-state index contributed by atoms with van der Waals surface area (Å²) < 4.78 is 0. The fourth-order valence-electron chi connectivity index (χ4n) is 1.37. The minimum atomic E-state index is -0.173. The molecule has 0 aliphatic heterocycles. The number of nitrogen functional groups attached to an aromatic ring is 1. The smallest absolute Gasteiger partial charge is 0.0499 e. The van der Waals surface area contributed by atoms with Crippen molar-refractivity contribution in [3.63, 3.8) is 0 Å². The lowest BCUT2D eigenvalue weighted by Gasteiger charge is -2.13. The molecule has 4 N–H and O–H groups in total. The molecular weight excluding hydrogens is 172 g/mol. The Morgan fingerprint density at radius 2 is 2.00 bits per heavy atom. The van der Waals surface area contributed by atoms with Crippen LogP contribution in [0.4, 0.5) is 5.69 Å². The van der Waals surface area contributed by atoms with E-state index in [0.29, 0.717) is 5.92 Å². The van der Waals surface area contributed by atoms with Crippen molar-refractivity contribution in [2.45, 2.75) is 25.8 Å². The molecule has 2 nitrogen and oxygen atoms in total. The van der Waals surface area contributed by atoms with Crippen molar-refractivity contribution in [2.24, 2.45) is 5.73 Å². The Labute approximate surface area is 85.6 Å². The van der Waals surface area contributed by atoms with Crippen molar-refractivity contribution in [3.05, 3.63) is 42.0 Å². The Morgan fingerprint density at radius 1 is 1.36 bits per heavy atom. The summed E-state index contributed by atoms with van der Waals surface area (Å²) in [5, 5.41) is 0. The minimum absolute atomic E-state index is 0.173. The van der Waals surface area contributed by atoms with E-state index in [0.717, 1.165) is 11.3 Å². The van der Waals surface area contributed by atoms with E-state index in [1.807, 2.05) is 12.1 Å². The Morgan fingerprint density at radius 3 is 2.50 bits per heavy atom. The lowest BCUT2D eigenvalue weighted by molar-refractivity contribution is 0.851. The maximum Gasteiger partial charge on any atom is 0.0499 e. The van der Waals surface area contributed by atoms with Gasteiger partial charge in [0.1, 0.15) is 0 Å². The number of hydrogen-bond donors (Lipinski definition) is 2. The summed E-state index contributed by atoms with van der Waals surface area (Å²) in [7, 11) is 0. The van der Waals surface area contributed by atoms with Gasteiger partial charge in [0.15, 0.2) is 0 Å². The summed E-state index contributed by atoms with van der Waals surface area (Å²) in [5.74, 6) is 0.492. The molecule has 0 radical (unpaired) electrons. The van der Waals surface area contributed by atoms with E-state index in [9.17, 15) is 0 Å². The molecule has 0 saturated heterocycles. The Kier molecular flexibility index (Phi) is 3.31. The summed E-state index contributed by atoms with van der Waals surface area (Å²) in [6.07, 6.45) is 1.70. The normalized spacial score (nSPS) is 12.9. The molecule has 0 heterocycles. The molecule has 0 aliphatic carbocycles. The van der Waals surface area contributed by atoms with Gasteiger partial charge < -0.3 is 11.5 Å². The first-order valence-electron chi connectivity index (χ1n) is 4.83. The molecule has 0 spiro atoms. The van der Waals surface area contributed by atoms with Gasteiger partial charge in [0.25, 0.3) is 0 Å². The van der Waals surface area contributed by atoms with Crippen molar-refractivity contribution in [1.29, 1.82) is 0 Å². The second-order valence-electron chi connectivity index (χ2n) is 3.80. The zero-order valence-corrected chi connectivity index (χ0v) is 8.83. The van der Waals surface area contributed by atoms with Gasteiger partial charge in [-0.2, -0.15) is 0 Å². The molecule has 0 bridgehead atoms. The van der Waals surface area contributed by atoms with Gasteiger partial charge in [0.2, 0.25) is 0 Å². The lowest BCUT2D eigenvalue weighted by Crippen LogP contribution is -2.10. The van der Waals surface area contributed by atoms with Crippen molar-refractivity contribution in [2.75, 3.05) is 5.73 Å². The van der Waals surface area contributed by atoms with E-state index in [1.165, 1.54) is 5.56 Å². The highest BCUT2D eigenvalue weighted by Gasteiger charge is 2.08. The zero-order chi connectivity index (χ0) is 10.7. The van der Waals surface area contributed by atoms with E-state index in [-0.39, 0.29) is 6.04 Å². The highest BCUT2D eigenvalue weighted by Crippen LogP contribution is 2.24. The molecule has 1 aromatic carbocycles. The number of benzene rings is 1. The SMILES string of the molecule is C=CC(N)c1cc(C(C)C)ccc1N. The fourth-order valence-corrected chi connectivity index (χ4v) is 1.37. The highest BCUT2D eigenvalue weighted by atomic mass is 14.7. The van der Waals surface area contributed by atoms with Gasteiger partial charge in [-0.15, -0.1) is 6.58 Å². The molecule has 0 fully saturated rings. The lowest BCUT2D eigenvalue weighted by atomic mass is 9.96. The Hall–Kier alpha value is -1.28. The summed E-state index contributed by atoms with van der Waals surface area (Å²) in [5.41, 5.74) is 14.7. The molecule has 1 aromatic rings.